The van der Waals surface area contributed by atoms with Crippen molar-refractivity contribution in [2.45, 2.75) is 27.3 Å². The minimum atomic E-state index is -0.231. The maximum atomic E-state index is 13.5. The van der Waals surface area contributed by atoms with Gasteiger partial charge in [-0.15, -0.1) is 0 Å². The summed E-state index contributed by atoms with van der Waals surface area (Å²) >= 11 is 0. The van der Waals surface area contributed by atoms with Crippen LogP contribution in [0.4, 0.5) is 11.8 Å². The molecule has 178 valence electrons. The van der Waals surface area contributed by atoms with Gasteiger partial charge in [0.05, 0.1) is 18.4 Å². The van der Waals surface area contributed by atoms with Gasteiger partial charge < -0.3 is 10.6 Å². The van der Waals surface area contributed by atoms with Crippen molar-refractivity contribution in [1.29, 1.82) is 10.5 Å². The number of benzene rings is 1. The van der Waals surface area contributed by atoms with Crippen molar-refractivity contribution >= 4 is 17.3 Å². The lowest BCUT2D eigenvalue weighted by Gasteiger charge is -2.27. The highest BCUT2D eigenvalue weighted by molar-refractivity contribution is 5.56. The largest absolute Gasteiger partial charge is 0.368 e. The van der Waals surface area contributed by atoms with E-state index in [4.69, 9.17) is 5.73 Å². The normalized spacial score (nSPS) is 10.1. The average Bonchev–Trinajstić information content (AvgIpc) is 3.25. The Morgan fingerprint density at radius 1 is 1.14 bits per heavy atom. The lowest BCUT2D eigenvalue weighted by Crippen LogP contribution is -2.37. The number of rotatable bonds is 6. The molecule has 0 fully saturated rings. The number of para-hydroxylation sites is 1. The molecule has 2 N–H and O–H groups in total. The van der Waals surface area contributed by atoms with E-state index in [9.17, 15) is 15.3 Å². The summed E-state index contributed by atoms with van der Waals surface area (Å²) in [4.78, 5) is 24.7. The minimum Gasteiger partial charge on any atom is -0.368 e. The second kappa shape index (κ2) is 10.8. The number of hydrogen-bond acceptors (Lipinski definition) is 9. The molecule has 0 atom stereocenters. The molecule has 3 heterocycles. The fourth-order valence-electron chi connectivity index (χ4n) is 3.56. The molecule has 11 nitrogen and oxygen atoms in total. The predicted octanol–water partition coefficient (Wildman–Crippen LogP) is 2.44. The van der Waals surface area contributed by atoms with Crippen LogP contribution in [0.25, 0.3) is 11.2 Å². The van der Waals surface area contributed by atoms with Crippen LogP contribution in [0.5, 0.6) is 0 Å². The monoisotopic (exact) mass is 470 g/mol. The number of nitrogen functional groups attached to an aromatic ring is 1. The van der Waals surface area contributed by atoms with Crippen LogP contribution in [-0.4, -0.2) is 42.8 Å². The number of aryl methyl sites for hydroxylation is 1. The molecule has 4 aromatic rings. The van der Waals surface area contributed by atoms with Crippen molar-refractivity contribution in [2.75, 3.05) is 24.3 Å². The van der Waals surface area contributed by atoms with Crippen molar-refractivity contribution in [3.05, 3.63) is 76.1 Å². The lowest BCUT2D eigenvalue weighted by atomic mass is 10.2. The molecule has 1 aromatic carbocycles. The zero-order chi connectivity index (χ0) is 25.5. The van der Waals surface area contributed by atoms with Gasteiger partial charge >= 0.3 is 0 Å². The first-order valence-electron chi connectivity index (χ1n) is 11.0. The smallest absolute Gasteiger partial charge is 0.282 e. The summed E-state index contributed by atoms with van der Waals surface area (Å²) in [7, 11) is 1.60. The third-order valence-corrected chi connectivity index (χ3v) is 5.06. The van der Waals surface area contributed by atoms with E-state index in [2.05, 4.69) is 21.1 Å². The van der Waals surface area contributed by atoms with E-state index in [1.165, 1.54) is 20.2 Å². The van der Waals surface area contributed by atoms with E-state index in [0.29, 0.717) is 17.0 Å². The second-order valence-electron chi connectivity index (χ2n) is 7.40. The van der Waals surface area contributed by atoms with Crippen LogP contribution in [0.15, 0.2) is 53.6 Å². The van der Waals surface area contributed by atoms with Crippen molar-refractivity contribution in [1.82, 2.24) is 29.0 Å². The number of nitriles is 2. The lowest BCUT2D eigenvalue weighted by molar-refractivity contribution is 0.452. The quantitative estimate of drug-likeness (QED) is 0.255. The Morgan fingerprint density at radius 2 is 1.86 bits per heavy atom. The molecule has 0 aliphatic heterocycles. The zero-order valence-corrected chi connectivity index (χ0v) is 20.0. The molecule has 0 unspecified atom stereocenters. The maximum absolute atomic E-state index is 13.5. The summed E-state index contributed by atoms with van der Waals surface area (Å²) in [6.07, 6.45) is 5.08. The highest BCUT2D eigenvalue weighted by atomic mass is 16.1. The average molecular weight is 471 g/mol. The Bertz CT molecular complexity index is 1460. The van der Waals surface area contributed by atoms with E-state index in [0.717, 1.165) is 5.56 Å². The molecule has 0 aliphatic carbocycles. The SMILES string of the molecule is CC.Cc1ccn2nc(CN(CN(C)C#N)c3nc(N)ncc3C#N)n(-c3ccccc3)c(=O)c12. The molecule has 0 bridgehead atoms. The summed E-state index contributed by atoms with van der Waals surface area (Å²) in [5.74, 6) is 0.616. The molecule has 35 heavy (non-hydrogen) atoms. The number of hydrogen-bond donors (Lipinski definition) is 1. The van der Waals surface area contributed by atoms with Gasteiger partial charge in [-0.05, 0) is 30.7 Å². The fourth-order valence-corrected chi connectivity index (χ4v) is 3.56. The van der Waals surface area contributed by atoms with Gasteiger partial charge in [-0.3, -0.25) is 14.3 Å². The van der Waals surface area contributed by atoms with E-state index >= 15 is 0 Å². The molecule has 0 aliphatic rings. The molecule has 0 amide bonds. The van der Waals surface area contributed by atoms with Crippen molar-refractivity contribution in [3.8, 4) is 17.9 Å². The number of anilines is 2. The molecule has 3 aromatic heterocycles. The van der Waals surface area contributed by atoms with Crippen LogP contribution in [-0.2, 0) is 6.54 Å². The first kappa shape index (κ1) is 24.7. The van der Waals surface area contributed by atoms with Crippen LogP contribution < -0.4 is 16.2 Å². The van der Waals surface area contributed by atoms with E-state index < -0.39 is 0 Å². The van der Waals surface area contributed by atoms with Gasteiger partial charge in [0, 0.05) is 13.2 Å². The van der Waals surface area contributed by atoms with E-state index in [-0.39, 0.29) is 36.1 Å². The Labute approximate surface area is 202 Å². The molecule has 0 radical (unpaired) electrons. The molecule has 11 heteroatoms. The predicted molar refractivity (Wildman–Crippen MR) is 132 cm³/mol. The van der Waals surface area contributed by atoms with Crippen LogP contribution in [0.3, 0.4) is 0 Å². The molecule has 0 saturated carbocycles. The Hall–Kier alpha value is -4.90. The van der Waals surface area contributed by atoms with Crippen LogP contribution >= 0.6 is 0 Å². The van der Waals surface area contributed by atoms with Gasteiger partial charge in [0.2, 0.25) is 5.95 Å². The Kier molecular flexibility index (Phi) is 7.64. The van der Waals surface area contributed by atoms with E-state index in [1.54, 1.807) is 18.1 Å². The van der Waals surface area contributed by atoms with Gasteiger partial charge in [0.1, 0.15) is 23.8 Å². The van der Waals surface area contributed by atoms with Crippen LogP contribution in [0, 0.1) is 29.7 Å². The van der Waals surface area contributed by atoms with Gasteiger partial charge in [-0.1, -0.05) is 32.0 Å². The van der Waals surface area contributed by atoms with E-state index in [1.807, 2.05) is 63.4 Å². The summed E-state index contributed by atoms with van der Waals surface area (Å²) in [5, 5.41) is 23.6. The summed E-state index contributed by atoms with van der Waals surface area (Å²) in [6, 6.07) is 13.0. The standard InChI is InChI=1S/C22H20N10O.C2H6/c1-15-8-9-31-19(15)21(33)32(17-6-4-3-5-7-17)18(28-31)12-30(14-29(2)13-24)20-16(10-23)11-26-22(25)27-20;1-2/h3-9,11H,12,14H2,1-2H3,(H2,25,26,27);1-2H3. The molecular formula is C24H26N10O. The topological polar surface area (TPSA) is 145 Å². The fraction of sp³-hybridized carbons (Fsp3) is 0.250. The van der Waals surface area contributed by atoms with Gasteiger partial charge in [-0.25, -0.2) is 9.50 Å². The van der Waals surface area contributed by atoms with Crippen molar-refractivity contribution < 1.29 is 0 Å². The first-order chi connectivity index (χ1) is 16.9. The number of nitrogens with zero attached hydrogens (tertiary/aromatic N) is 9. The van der Waals surface area contributed by atoms with Gasteiger partial charge in [0.15, 0.2) is 17.8 Å². The van der Waals surface area contributed by atoms with Gasteiger partial charge in [-0.2, -0.15) is 20.6 Å². The Balaban J connectivity index is 0.00000167. The van der Waals surface area contributed by atoms with Crippen LogP contribution in [0.1, 0.15) is 30.8 Å². The molecule has 0 spiro atoms. The third kappa shape index (κ3) is 5.04. The summed E-state index contributed by atoms with van der Waals surface area (Å²) < 4.78 is 3.07. The highest BCUT2D eigenvalue weighted by Crippen LogP contribution is 2.21. The molecular weight excluding hydrogens is 444 g/mol. The molecule has 0 saturated heterocycles. The van der Waals surface area contributed by atoms with Gasteiger partial charge in [0.25, 0.3) is 5.56 Å². The molecule has 4 rings (SSSR count). The zero-order valence-electron chi connectivity index (χ0n) is 20.0. The summed E-state index contributed by atoms with van der Waals surface area (Å²) in [6.45, 7) is 5.99. The first-order valence-corrected chi connectivity index (χ1v) is 11.0. The minimum absolute atomic E-state index is 0.0153. The van der Waals surface area contributed by atoms with Crippen molar-refractivity contribution in [2.24, 2.45) is 0 Å². The highest BCUT2D eigenvalue weighted by Gasteiger charge is 2.22. The van der Waals surface area contributed by atoms with Crippen LogP contribution in [0.2, 0.25) is 0 Å². The van der Waals surface area contributed by atoms with Crippen molar-refractivity contribution in [3.63, 3.8) is 0 Å². The number of fused-ring (bicyclic) bond motifs is 1. The maximum Gasteiger partial charge on any atom is 0.282 e. The summed E-state index contributed by atoms with van der Waals surface area (Å²) in [5.41, 5.74) is 7.65. The Morgan fingerprint density at radius 3 is 2.51 bits per heavy atom. The third-order valence-electron chi connectivity index (χ3n) is 5.06. The second-order valence-corrected chi connectivity index (χ2v) is 7.40. The number of nitrogens with two attached hydrogens (primary N) is 1. The number of aromatic nitrogens is 5.